The van der Waals surface area contributed by atoms with Gasteiger partial charge in [-0.25, -0.2) is 14.8 Å². The maximum absolute atomic E-state index is 11.7. The van der Waals surface area contributed by atoms with Crippen LogP contribution in [0.3, 0.4) is 0 Å². The van der Waals surface area contributed by atoms with Gasteiger partial charge in [-0.1, -0.05) is 48.5 Å². The number of nitrogens with zero attached hydrogens (tertiary/aromatic N) is 4. The summed E-state index contributed by atoms with van der Waals surface area (Å²) in [5.41, 5.74) is 3.89. The average Bonchev–Trinajstić information content (AvgIpc) is 3.01. The van der Waals surface area contributed by atoms with Gasteiger partial charge in [-0.15, -0.1) is 0 Å². The largest absolute Gasteiger partial charge is 0.392 e. The van der Waals surface area contributed by atoms with Gasteiger partial charge in [0.15, 0.2) is 6.29 Å². The first-order valence-electron chi connectivity index (χ1n) is 14.0. The first kappa shape index (κ1) is 28.0. The van der Waals surface area contributed by atoms with Gasteiger partial charge >= 0.3 is 6.03 Å². The lowest BCUT2D eigenvalue weighted by Crippen LogP contribution is -2.50. The number of aliphatic hydroxyl groups excluding tert-OH is 1. The minimum atomic E-state index is -0.509. The zero-order chi connectivity index (χ0) is 27.7. The molecule has 1 aromatic heterocycles. The van der Waals surface area contributed by atoms with Gasteiger partial charge in [0.25, 0.3) is 0 Å². The van der Waals surface area contributed by atoms with Crippen molar-refractivity contribution in [1.82, 2.24) is 25.5 Å². The maximum Gasteiger partial charge on any atom is 0.315 e. The highest BCUT2D eigenvalue weighted by Gasteiger charge is 2.34. The van der Waals surface area contributed by atoms with Crippen molar-refractivity contribution in [3.8, 4) is 0 Å². The number of urea groups is 1. The molecule has 2 fully saturated rings. The van der Waals surface area contributed by atoms with E-state index in [2.05, 4.69) is 30.4 Å². The zero-order valence-corrected chi connectivity index (χ0v) is 22.9. The van der Waals surface area contributed by atoms with Gasteiger partial charge in [-0.05, 0) is 29.7 Å². The number of carbonyl (C=O) groups excluding carboxylic acids is 1. The number of anilines is 1. The van der Waals surface area contributed by atoms with Crippen molar-refractivity contribution in [1.29, 1.82) is 0 Å². The molecule has 10 nitrogen and oxygen atoms in total. The Balaban J connectivity index is 1.25. The van der Waals surface area contributed by atoms with E-state index in [9.17, 15) is 9.90 Å². The molecule has 3 aromatic rings. The lowest BCUT2D eigenvalue weighted by molar-refractivity contribution is -0.253. The fourth-order valence-electron chi connectivity index (χ4n) is 5.10. The van der Waals surface area contributed by atoms with E-state index in [-0.39, 0.29) is 24.8 Å². The fourth-order valence-corrected chi connectivity index (χ4v) is 5.10. The van der Waals surface area contributed by atoms with E-state index in [1.807, 2.05) is 61.5 Å². The lowest BCUT2D eigenvalue weighted by atomic mass is 9.99. The molecule has 10 heteroatoms. The van der Waals surface area contributed by atoms with E-state index in [1.165, 1.54) is 0 Å². The summed E-state index contributed by atoms with van der Waals surface area (Å²) in [7, 11) is 0. The standard InChI is InChI=1S/C30H38N6O4/c1-2-31-30(38)34-19-22-4-10-25(11-5-22)28-39-26(18-27(40-28)24-8-6-23(21-37)7-9-24)20-35-14-16-36(17-15-35)29-32-12-3-13-33-29/h3-13,26-28,37H,2,14-21H2,1H3,(H2,31,34,38)/t26-,27+,28?/m0/s1. The molecule has 2 amide bonds. The van der Waals surface area contributed by atoms with Gasteiger partial charge in [0.1, 0.15) is 0 Å². The molecule has 212 valence electrons. The van der Waals surface area contributed by atoms with Gasteiger partial charge in [0.2, 0.25) is 5.95 Å². The Bertz CT molecular complexity index is 1200. The summed E-state index contributed by atoms with van der Waals surface area (Å²) in [6.45, 7) is 7.30. The van der Waals surface area contributed by atoms with Crippen molar-refractivity contribution in [2.45, 2.75) is 45.0 Å². The normalized spacial score (nSPS) is 21.6. The van der Waals surface area contributed by atoms with Gasteiger partial charge in [0, 0.05) is 70.2 Å². The van der Waals surface area contributed by atoms with Crippen LogP contribution in [0.4, 0.5) is 10.7 Å². The topological polar surface area (TPSA) is 112 Å². The summed E-state index contributed by atoms with van der Waals surface area (Å²) in [6, 6.07) is 17.6. The number of hydrogen-bond acceptors (Lipinski definition) is 8. The number of aromatic nitrogens is 2. The van der Waals surface area contributed by atoms with Gasteiger partial charge in [-0.3, -0.25) is 4.90 Å². The third-order valence-electron chi connectivity index (χ3n) is 7.33. The number of carbonyl (C=O) groups is 1. The summed E-state index contributed by atoms with van der Waals surface area (Å²) >= 11 is 0. The van der Waals surface area contributed by atoms with Crippen LogP contribution >= 0.6 is 0 Å². The third kappa shape index (κ3) is 7.33. The Morgan fingerprint density at radius 1 is 0.925 bits per heavy atom. The molecule has 2 aliphatic heterocycles. The van der Waals surface area contributed by atoms with Crippen molar-refractivity contribution >= 4 is 12.0 Å². The highest BCUT2D eigenvalue weighted by molar-refractivity contribution is 5.73. The number of rotatable bonds is 9. The van der Waals surface area contributed by atoms with E-state index < -0.39 is 6.29 Å². The second-order valence-corrected chi connectivity index (χ2v) is 10.1. The van der Waals surface area contributed by atoms with E-state index in [0.717, 1.165) is 67.3 Å². The molecule has 3 N–H and O–H groups in total. The number of aliphatic hydroxyl groups is 1. The van der Waals surface area contributed by atoms with E-state index >= 15 is 0 Å². The van der Waals surface area contributed by atoms with Gasteiger partial charge in [0.05, 0.1) is 18.8 Å². The molecular formula is C30H38N6O4. The van der Waals surface area contributed by atoms with Crippen molar-refractivity contribution in [3.05, 3.63) is 89.2 Å². The zero-order valence-electron chi connectivity index (χ0n) is 22.9. The van der Waals surface area contributed by atoms with E-state index in [0.29, 0.717) is 13.1 Å². The van der Waals surface area contributed by atoms with Gasteiger partial charge < -0.3 is 30.1 Å². The number of ether oxygens (including phenoxy) is 2. The number of piperazine rings is 1. The van der Waals surface area contributed by atoms with Crippen molar-refractivity contribution < 1.29 is 19.4 Å². The number of hydrogen-bond donors (Lipinski definition) is 3. The van der Waals surface area contributed by atoms with Crippen LogP contribution in [-0.2, 0) is 22.6 Å². The molecular weight excluding hydrogens is 508 g/mol. The molecule has 0 saturated carbocycles. The Hall–Kier alpha value is -3.57. The Morgan fingerprint density at radius 2 is 1.60 bits per heavy atom. The second-order valence-electron chi connectivity index (χ2n) is 10.1. The van der Waals surface area contributed by atoms with Crippen LogP contribution in [0.15, 0.2) is 67.0 Å². The molecule has 40 heavy (non-hydrogen) atoms. The summed E-state index contributed by atoms with van der Waals surface area (Å²) in [4.78, 5) is 25.2. The number of nitrogens with one attached hydrogen (secondary N) is 2. The second kappa shape index (κ2) is 13.7. The van der Waals surface area contributed by atoms with Crippen LogP contribution in [0.2, 0.25) is 0 Å². The molecule has 2 aliphatic rings. The molecule has 1 unspecified atom stereocenters. The van der Waals surface area contributed by atoms with Crippen LogP contribution in [0.1, 0.15) is 48.0 Å². The SMILES string of the molecule is CCNC(=O)NCc1ccc(C2O[C@H](CN3CCN(c4ncccn4)CC3)C[C@H](c3ccc(CO)cc3)O2)cc1. The highest BCUT2D eigenvalue weighted by atomic mass is 16.7. The Kier molecular flexibility index (Phi) is 9.56. The van der Waals surface area contributed by atoms with Crippen LogP contribution in [0.5, 0.6) is 0 Å². The number of benzene rings is 2. The average molecular weight is 547 g/mol. The predicted molar refractivity (Wildman–Crippen MR) is 151 cm³/mol. The molecule has 0 bridgehead atoms. The van der Waals surface area contributed by atoms with Crippen LogP contribution in [0.25, 0.3) is 0 Å². The predicted octanol–water partition coefficient (Wildman–Crippen LogP) is 3.16. The maximum atomic E-state index is 11.7. The van der Waals surface area contributed by atoms with Crippen LogP contribution in [-0.4, -0.2) is 71.4 Å². The smallest absolute Gasteiger partial charge is 0.315 e. The quantitative estimate of drug-likeness (QED) is 0.375. The molecule has 3 atom stereocenters. The van der Waals surface area contributed by atoms with Crippen LogP contribution < -0.4 is 15.5 Å². The fraction of sp³-hybridized carbons (Fsp3) is 0.433. The summed E-state index contributed by atoms with van der Waals surface area (Å²) in [5, 5.41) is 15.1. The van der Waals surface area contributed by atoms with E-state index in [4.69, 9.17) is 9.47 Å². The Morgan fingerprint density at radius 3 is 2.27 bits per heavy atom. The highest BCUT2D eigenvalue weighted by Crippen LogP contribution is 2.38. The summed E-state index contributed by atoms with van der Waals surface area (Å²) in [6.07, 6.45) is 3.65. The molecule has 0 aliphatic carbocycles. The molecule has 2 saturated heterocycles. The molecule has 5 rings (SSSR count). The number of amides is 2. The Labute approximate surface area is 235 Å². The summed E-state index contributed by atoms with van der Waals surface area (Å²) in [5.74, 6) is 0.778. The molecule has 2 aromatic carbocycles. The van der Waals surface area contributed by atoms with Crippen molar-refractivity contribution in [2.24, 2.45) is 0 Å². The monoisotopic (exact) mass is 546 g/mol. The minimum absolute atomic E-state index is 0.0140. The first-order valence-corrected chi connectivity index (χ1v) is 14.0. The first-order chi connectivity index (χ1) is 19.6. The van der Waals surface area contributed by atoms with Crippen molar-refractivity contribution in [3.63, 3.8) is 0 Å². The van der Waals surface area contributed by atoms with Gasteiger partial charge in [-0.2, -0.15) is 0 Å². The molecule has 0 radical (unpaired) electrons. The van der Waals surface area contributed by atoms with E-state index in [1.54, 1.807) is 12.4 Å². The minimum Gasteiger partial charge on any atom is -0.392 e. The third-order valence-corrected chi connectivity index (χ3v) is 7.33. The summed E-state index contributed by atoms with van der Waals surface area (Å²) < 4.78 is 13.0. The lowest BCUT2D eigenvalue weighted by Gasteiger charge is -2.40. The molecule has 3 heterocycles. The van der Waals surface area contributed by atoms with Crippen molar-refractivity contribution in [2.75, 3.05) is 44.2 Å². The molecule has 0 spiro atoms. The van der Waals surface area contributed by atoms with Crippen LogP contribution in [0, 0.1) is 0 Å².